The second-order valence-corrected chi connectivity index (χ2v) is 14.4. The lowest BCUT2D eigenvalue weighted by Crippen LogP contribution is -2.51. The van der Waals surface area contributed by atoms with E-state index in [0.29, 0.717) is 16.4 Å². The molecule has 7 unspecified atom stereocenters. The molecule has 1 aromatic carbocycles. The SMILES string of the molecule is Cc1ccc(C(=O)O[C@@H]2CCC3(C)C(=CCC4C3CCC3(C)C(C(C)CCCC(C)C)CCC43)C2)cc1. The average Bonchev–Trinajstić information content (AvgIpc) is 3.21. The lowest BCUT2D eigenvalue weighted by atomic mass is 9.47. The van der Waals surface area contributed by atoms with Gasteiger partial charge in [0.15, 0.2) is 0 Å². The zero-order chi connectivity index (χ0) is 26.4. The van der Waals surface area contributed by atoms with Gasteiger partial charge in [-0.25, -0.2) is 4.79 Å². The second-order valence-electron chi connectivity index (χ2n) is 14.4. The number of carbonyl (C=O) groups is 1. The molecule has 3 fully saturated rings. The molecule has 0 aromatic heterocycles. The number of hydrogen-bond acceptors (Lipinski definition) is 2. The van der Waals surface area contributed by atoms with Gasteiger partial charge in [0.2, 0.25) is 0 Å². The summed E-state index contributed by atoms with van der Waals surface area (Å²) in [5, 5.41) is 0. The van der Waals surface area contributed by atoms with Gasteiger partial charge in [0, 0.05) is 6.42 Å². The fourth-order valence-corrected chi connectivity index (χ4v) is 9.66. The summed E-state index contributed by atoms with van der Waals surface area (Å²) in [5.74, 6) is 5.03. The van der Waals surface area contributed by atoms with Crippen LogP contribution in [0.2, 0.25) is 0 Å². The van der Waals surface area contributed by atoms with Crippen LogP contribution in [0, 0.1) is 53.3 Å². The number of allylic oxidation sites excluding steroid dienone is 1. The predicted octanol–water partition coefficient (Wildman–Crippen LogP) is 9.56. The van der Waals surface area contributed by atoms with E-state index in [4.69, 9.17) is 4.74 Å². The third kappa shape index (κ3) is 5.08. The molecule has 0 spiro atoms. The van der Waals surface area contributed by atoms with E-state index in [1.807, 2.05) is 31.2 Å². The second kappa shape index (κ2) is 10.5. The van der Waals surface area contributed by atoms with Gasteiger partial charge in [-0.05, 0) is 110 Å². The first-order chi connectivity index (χ1) is 17.6. The molecule has 8 atom stereocenters. The molecule has 0 radical (unpaired) electrons. The monoisotopic (exact) mass is 504 g/mol. The molecule has 204 valence electrons. The summed E-state index contributed by atoms with van der Waals surface area (Å²) >= 11 is 0. The number of ether oxygens (including phenoxy) is 1. The first-order valence-corrected chi connectivity index (χ1v) is 15.6. The first-order valence-electron chi connectivity index (χ1n) is 15.6. The van der Waals surface area contributed by atoms with Gasteiger partial charge in [-0.15, -0.1) is 0 Å². The van der Waals surface area contributed by atoms with Crippen molar-refractivity contribution in [2.24, 2.45) is 46.3 Å². The van der Waals surface area contributed by atoms with Gasteiger partial charge in [0.05, 0.1) is 5.56 Å². The molecule has 0 bridgehead atoms. The van der Waals surface area contributed by atoms with Crippen molar-refractivity contribution in [3.05, 3.63) is 47.0 Å². The molecule has 0 N–H and O–H groups in total. The molecule has 3 saturated carbocycles. The van der Waals surface area contributed by atoms with Gasteiger partial charge in [-0.1, -0.05) is 83.2 Å². The normalized spacial score (nSPS) is 37.8. The predicted molar refractivity (Wildman–Crippen MR) is 153 cm³/mol. The fourth-order valence-electron chi connectivity index (χ4n) is 9.66. The largest absolute Gasteiger partial charge is 0.458 e. The van der Waals surface area contributed by atoms with E-state index < -0.39 is 0 Å². The summed E-state index contributed by atoms with van der Waals surface area (Å²) in [7, 11) is 0. The van der Waals surface area contributed by atoms with Crippen molar-refractivity contribution in [3.8, 4) is 0 Å². The first kappa shape index (κ1) is 27.0. The van der Waals surface area contributed by atoms with Crippen molar-refractivity contribution < 1.29 is 9.53 Å². The Hall–Kier alpha value is -1.57. The van der Waals surface area contributed by atoms with Crippen molar-refractivity contribution in [3.63, 3.8) is 0 Å². The summed E-state index contributed by atoms with van der Waals surface area (Å²) in [4.78, 5) is 12.8. The summed E-state index contributed by atoms with van der Waals surface area (Å²) in [6.07, 6.45) is 16.9. The maximum atomic E-state index is 12.8. The minimum atomic E-state index is -0.157. The summed E-state index contributed by atoms with van der Waals surface area (Å²) in [6.45, 7) is 14.6. The van der Waals surface area contributed by atoms with Gasteiger partial charge >= 0.3 is 5.97 Å². The molecule has 5 rings (SSSR count). The van der Waals surface area contributed by atoms with Crippen molar-refractivity contribution in [2.45, 2.75) is 118 Å². The Labute approximate surface area is 227 Å². The van der Waals surface area contributed by atoms with Crippen LogP contribution in [0.25, 0.3) is 0 Å². The van der Waals surface area contributed by atoms with E-state index in [-0.39, 0.29) is 12.1 Å². The summed E-state index contributed by atoms with van der Waals surface area (Å²) in [6, 6.07) is 7.78. The molecule has 4 aliphatic rings. The quantitative estimate of drug-likeness (QED) is 0.273. The van der Waals surface area contributed by atoms with Gasteiger partial charge in [0.1, 0.15) is 6.10 Å². The number of aryl methyl sites for hydroxylation is 1. The molecule has 0 saturated heterocycles. The van der Waals surface area contributed by atoms with Crippen LogP contribution in [0.1, 0.15) is 121 Å². The average molecular weight is 505 g/mol. The van der Waals surface area contributed by atoms with Crippen LogP contribution in [0.15, 0.2) is 35.9 Å². The van der Waals surface area contributed by atoms with Crippen LogP contribution in [0.5, 0.6) is 0 Å². The number of hydrogen-bond donors (Lipinski definition) is 0. The van der Waals surface area contributed by atoms with Gasteiger partial charge in [0.25, 0.3) is 0 Å². The zero-order valence-electron chi connectivity index (χ0n) is 24.5. The summed E-state index contributed by atoms with van der Waals surface area (Å²) < 4.78 is 6.04. The van der Waals surface area contributed by atoms with E-state index >= 15 is 0 Å². The van der Waals surface area contributed by atoms with E-state index in [0.717, 1.165) is 48.3 Å². The molecule has 0 heterocycles. The molecular formula is C35H52O2. The van der Waals surface area contributed by atoms with Gasteiger partial charge < -0.3 is 4.74 Å². The highest BCUT2D eigenvalue weighted by Crippen LogP contribution is 2.67. The van der Waals surface area contributed by atoms with E-state index in [1.165, 1.54) is 63.4 Å². The highest BCUT2D eigenvalue weighted by molar-refractivity contribution is 5.89. The third-order valence-corrected chi connectivity index (χ3v) is 11.8. The lowest BCUT2D eigenvalue weighted by Gasteiger charge is -2.58. The highest BCUT2D eigenvalue weighted by Gasteiger charge is 2.59. The standard InChI is InChI=1S/C35H52O2/c1-23(2)8-7-9-25(4)30-16-17-31-29-15-14-27-22-28(37-33(36)26-12-10-24(3)11-13-26)18-20-34(27,5)32(29)19-21-35(30,31)6/h10-14,23,25,28-32H,7-9,15-22H2,1-6H3/t25?,28-,29?,30?,31?,32?,34?,35?/m1/s1. The Morgan fingerprint density at radius 1 is 0.973 bits per heavy atom. The molecule has 1 aromatic rings. The minimum Gasteiger partial charge on any atom is -0.458 e. The highest BCUT2D eigenvalue weighted by atomic mass is 16.5. The van der Waals surface area contributed by atoms with Crippen molar-refractivity contribution in [2.75, 3.05) is 0 Å². The van der Waals surface area contributed by atoms with Crippen LogP contribution in [0.3, 0.4) is 0 Å². The van der Waals surface area contributed by atoms with Crippen LogP contribution in [-0.2, 0) is 4.74 Å². The molecule has 37 heavy (non-hydrogen) atoms. The van der Waals surface area contributed by atoms with Crippen LogP contribution in [0.4, 0.5) is 0 Å². The Morgan fingerprint density at radius 2 is 1.73 bits per heavy atom. The van der Waals surface area contributed by atoms with Crippen LogP contribution >= 0.6 is 0 Å². The number of rotatable bonds is 7. The maximum absolute atomic E-state index is 12.8. The van der Waals surface area contributed by atoms with E-state index in [9.17, 15) is 4.79 Å². The van der Waals surface area contributed by atoms with Gasteiger partial charge in [-0.3, -0.25) is 0 Å². The number of benzene rings is 1. The maximum Gasteiger partial charge on any atom is 0.338 e. The van der Waals surface area contributed by atoms with Crippen molar-refractivity contribution in [1.29, 1.82) is 0 Å². The topological polar surface area (TPSA) is 26.3 Å². The van der Waals surface area contributed by atoms with Gasteiger partial charge in [-0.2, -0.15) is 0 Å². The molecular weight excluding hydrogens is 452 g/mol. The van der Waals surface area contributed by atoms with Crippen LogP contribution in [-0.4, -0.2) is 12.1 Å². The molecule has 2 heteroatoms. The van der Waals surface area contributed by atoms with Crippen molar-refractivity contribution in [1.82, 2.24) is 0 Å². The molecule has 0 amide bonds. The van der Waals surface area contributed by atoms with E-state index in [2.05, 4.69) is 40.7 Å². The Balaban J connectivity index is 1.25. The number of carbonyl (C=O) groups excluding carboxylic acids is 1. The fraction of sp³-hybridized carbons (Fsp3) is 0.743. The number of esters is 1. The summed E-state index contributed by atoms with van der Waals surface area (Å²) in [5.41, 5.74) is 4.29. The molecule has 0 aliphatic heterocycles. The Bertz CT molecular complexity index is 989. The van der Waals surface area contributed by atoms with Crippen molar-refractivity contribution >= 4 is 5.97 Å². The Morgan fingerprint density at radius 3 is 2.46 bits per heavy atom. The third-order valence-electron chi connectivity index (χ3n) is 11.8. The zero-order valence-corrected chi connectivity index (χ0v) is 24.5. The minimum absolute atomic E-state index is 0.0288. The number of fused-ring (bicyclic) bond motifs is 5. The van der Waals surface area contributed by atoms with Crippen LogP contribution < -0.4 is 0 Å². The Kier molecular flexibility index (Phi) is 7.69. The molecule has 4 aliphatic carbocycles. The van der Waals surface area contributed by atoms with E-state index in [1.54, 1.807) is 5.57 Å². The lowest BCUT2D eigenvalue weighted by molar-refractivity contribution is -0.0594. The smallest absolute Gasteiger partial charge is 0.338 e. The molecule has 2 nitrogen and oxygen atoms in total.